The van der Waals surface area contributed by atoms with Crippen LogP contribution in [0.2, 0.25) is 0 Å². The zero-order valence-electron chi connectivity index (χ0n) is 19.0. The van der Waals surface area contributed by atoms with Gasteiger partial charge < -0.3 is 20.1 Å². The average Bonchev–Trinajstić information content (AvgIpc) is 2.73. The molecule has 2 amide bonds. The van der Waals surface area contributed by atoms with Crippen LogP contribution in [0.1, 0.15) is 39.7 Å². The standard InChI is InChI=1S/C22H35N3O5S/c1-6-8-18-9-10-21-19(12-18)30-20(14-24(5)22(27)23-11-7-2)16(3)13-25(17(4)15-26)31(21,28)29/h6,8-10,12,16-17,20,26H,7,11,13-15H2,1-5H3,(H,23,27)/t16-,17-,20+/m1/s1. The van der Waals surface area contributed by atoms with Crippen LogP contribution in [0.15, 0.2) is 29.2 Å². The number of aliphatic hydroxyl groups is 1. The number of likely N-dealkylation sites (N-methyl/N-ethyl adjacent to an activating group) is 1. The maximum Gasteiger partial charge on any atom is 0.317 e. The first kappa shape index (κ1) is 25.2. The summed E-state index contributed by atoms with van der Waals surface area (Å²) in [7, 11) is -2.17. The van der Waals surface area contributed by atoms with Gasteiger partial charge in [-0.2, -0.15) is 4.31 Å². The fraction of sp³-hybridized carbons (Fsp3) is 0.591. The molecule has 8 nitrogen and oxygen atoms in total. The molecule has 1 aromatic carbocycles. The molecule has 3 atom stereocenters. The summed E-state index contributed by atoms with van der Waals surface area (Å²) in [6.45, 7) is 8.21. The van der Waals surface area contributed by atoms with Crippen LogP contribution in [-0.4, -0.2) is 74.2 Å². The molecule has 0 bridgehead atoms. The van der Waals surface area contributed by atoms with Crippen molar-refractivity contribution in [1.82, 2.24) is 14.5 Å². The molecule has 1 aromatic rings. The first-order valence-electron chi connectivity index (χ1n) is 10.7. The Kier molecular flexibility index (Phi) is 8.90. The largest absolute Gasteiger partial charge is 0.487 e. The molecule has 0 fully saturated rings. The number of carbonyl (C=O) groups excluding carboxylic acids is 1. The van der Waals surface area contributed by atoms with E-state index in [1.807, 2.05) is 32.9 Å². The van der Waals surface area contributed by atoms with Crippen LogP contribution in [0.5, 0.6) is 5.75 Å². The van der Waals surface area contributed by atoms with Crippen LogP contribution in [0, 0.1) is 5.92 Å². The number of nitrogens with zero attached hydrogens (tertiary/aromatic N) is 2. The van der Waals surface area contributed by atoms with Gasteiger partial charge in [-0.1, -0.05) is 32.1 Å². The third kappa shape index (κ3) is 5.99. The maximum atomic E-state index is 13.4. The molecular weight excluding hydrogens is 418 g/mol. The van der Waals surface area contributed by atoms with Crippen molar-refractivity contribution in [1.29, 1.82) is 0 Å². The molecular formula is C22H35N3O5S. The number of nitrogens with one attached hydrogen (secondary N) is 1. The Morgan fingerprint density at radius 2 is 2.16 bits per heavy atom. The van der Waals surface area contributed by atoms with Crippen LogP contribution >= 0.6 is 0 Å². The molecule has 0 spiro atoms. The van der Waals surface area contributed by atoms with Gasteiger partial charge in [-0.15, -0.1) is 0 Å². The van der Waals surface area contributed by atoms with Gasteiger partial charge >= 0.3 is 6.03 Å². The molecule has 0 radical (unpaired) electrons. The first-order valence-corrected chi connectivity index (χ1v) is 12.1. The summed E-state index contributed by atoms with van der Waals surface area (Å²) in [5, 5.41) is 12.5. The summed E-state index contributed by atoms with van der Waals surface area (Å²) >= 11 is 0. The number of hydrogen-bond acceptors (Lipinski definition) is 5. The lowest BCUT2D eigenvalue weighted by Gasteiger charge is -2.37. The summed E-state index contributed by atoms with van der Waals surface area (Å²) in [5.74, 6) is 0.0355. The van der Waals surface area contributed by atoms with E-state index in [4.69, 9.17) is 4.74 Å². The maximum absolute atomic E-state index is 13.4. The molecule has 0 aromatic heterocycles. The zero-order valence-corrected chi connectivity index (χ0v) is 19.9. The molecule has 1 aliphatic rings. The lowest BCUT2D eigenvalue weighted by atomic mass is 10.0. The van der Waals surface area contributed by atoms with Crippen LogP contribution in [0.25, 0.3) is 6.08 Å². The molecule has 1 heterocycles. The molecule has 1 aliphatic heterocycles. The van der Waals surface area contributed by atoms with Gasteiger partial charge in [0.25, 0.3) is 0 Å². The van der Waals surface area contributed by atoms with Crippen molar-refractivity contribution in [2.45, 2.75) is 51.2 Å². The van der Waals surface area contributed by atoms with E-state index in [9.17, 15) is 18.3 Å². The smallest absolute Gasteiger partial charge is 0.317 e. The second-order valence-electron chi connectivity index (χ2n) is 8.06. The Morgan fingerprint density at radius 3 is 2.77 bits per heavy atom. The first-order chi connectivity index (χ1) is 14.6. The Labute approximate surface area is 185 Å². The van der Waals surface area contributed by atoms with E-state index in [0.29, 0.717) is 13.1 Å². The van der Waals surface area contributed by atoms with Crippen molar-refractivity contribution in [2.75, 3.05) is 33.3 Å². The topological polar surface area (TPSA) is 99.2 Å². The summed E-state index contributed by atoms with van der Waals surface area (Å²) < 4.78 is 34.3. The highest BCUT2D eigenvalue weighted by Crippen LogP contribution is 2.34. The number of sulfonamides is 1. The SMILES string of the molecule is CC=Cc1ccc2c(c1)O[C@@H](CN(C)C(=O)NCCC)[C@H](C)CN([C@H](C)CO)S2(=O)=O. The van der Waals surface area contributed by atoms with Gasteiger partial charge in [0, 0.05) is 32.1 Å². The quantitative estimate of drug-likeness (QED) is 0.661. The van der Waals surface area contributed by atoms with Crippen molar-refractivity contribution in [3.8, 4) is 5.75 Å². The van der Waals surface area contributed by atoms with Crippen LogP contribution in [0.3, 0.4) is 0 Å². The van der Waals surface area contributed by atoms with Gasteiger partial charge in [-0.25, -0.2) is 13.2 Å². The molecule has 2 N–H and O–H groups in total. The van der Waals surface area contributed by atoms with E-state index in [0.717, 1.165) is 12.0 Å². The van der Waals surface area contributed by atoms with Gasteiger partial charge in [-0.05, 0) is 38.0 Å². The van der Waals surface area contributed by atoms with Crippen molar-refractivity contribution >= 4 is 22.1 Å². The van der Waals surface area contributed by atoms with E-state index < -0.39 is 22.2 Å². The highest BCUT2D eigenvalue weighted by atomic mass is 32.2. The van der Waals surface area contributed by atoms with Crippen molar-refractivity contribution < 1.29 is 23.1 Å². The predicted molar refractivity (Wildman–Crippen MR) is 121 cm³/mol. The van der Waals surface area contributed by atoms with E-state index >= 15 is 0 Å². The van der Waals surface area contributed by atoms with Gasteiger partial charge in [0.05, 0.1) is 13.2 Å². The number of rotatable bonds is 7. The summed E-state index contributed by atoms with van der Waals surface area (Å²) in [4.78, 5) is 14.0. The van der Waals surface area contributed by atoms with Crippen LogP contribution in [0.4, 0.5) is 4.79 Å². The van der Waals surface area contributed by atoms with E-state index in [1.54, 1.807) is 37.1 Å². The number of carbonyl (C=O) groups is 1. The van der Waals surface area contributed by atoms with Crippen molar-refractivity contribution in [2.24, 2.45) is 5.92 Å². The molecule has 0 saturated heterocycles. The number of amides is 2. The van der Waals surface area contributed by atoms with Crippen LogP contribution < -0.4 is 10.1 Å². The van der Waals surface area contributed by atoms with Crippen LogP contribution in [-0.2, 0) is 10.0 Å². The van der Waals surface area contributed by atoms with Gasteiger partial charge in [-0.3, -0.25) is 0 Å². The number of allylic oxidation sites excluding steroid dienone is 1. The van der Waals surface area contributed by atoms with Crippen molar-refractivity contribution in [3.05, 3.63) is 29.8 Å². The normalized spacial score (nSPS) is 22.1. The van der Waals surface area contributed by atoms with E-state index in [-0.39, 0.29) is 35.7 Å². The monoisotopic (exact) mass is 453 g/mol. The lowest BCUT2D eigenvalue weighted by Crippen LogP contribution is -2.51. The lowest BCUT2D eigenvalue weighted by molar-refractivity contribution is 0.0812. The minimum Gasteiger partial charge on any atom is -0.487 e. The number of benzene rings is 1. The van der Waals surface area contributed by atoms with E-state index in [1.165, 1.54) is 4.31 Å². The Morgan fingerprint density at radius 1 is 1.45 bits per heavy atom. The number of aliphatic hydroxyl groups excluding tert-OH is 1. The highest BCUT2D eigenvalue weighted by molar-refractivity contribution is 7.89. The number of fused-ring (bicyclic) bond motifs is 1. The number of urea groups is 1. The molecule has 31 heavy (non-hydrogen) atoms. The second-order valence-corrected chi connectivity index (χ2v) is 9.92. The fourth-order valence-electron chi connectivity index (χ4n) is 3.48. The second kappa shape index (κ2) is 11.0. The van der Waals surface area contributed by atoms with Crippen molar-refractivity contribution in [3.63, 3.8) is 0 Å². The summed E-state index contributed by atoms with van der Waals surface area (Å²) in [6, 6.07) is 4.19. The molecule has 0 aliphatic carbocycles. The third-order valence-electron chi connectivity index (χ3n) is 5.38. The Balaban J connectivity index is 2.47. The van der Waals surface area contributed by atoms with Gasteiger partial charge in [0.1, 0.15) is 16.7 Å². The third-order valence-corrected chi connectivity index (χ3v) is 7.40. The number of hydrogen-bond donors (Lipinski definition) is 2. The molecule has 9 heteroatoms. The van der Waals surface area contributed by atoms with Gasteiger partial charge in [0.15, 0.2) is 0 Å². The summed E-state index contributed by atoms with van der Waals surface area (Å²) in [5.41, 5.74) is 0.819. The van der Waals surface area contributed by atoms with E-state index in [2.05, 4.69) is 5.32 Å². The highest BCUT2D eigenvalue weighted by Gasteiger charge is 2.38. The fourth-order valence-corrected chi connectivity index (χ4v) is 5.30. The minimum absolute atomic E-state index is 0.0658. The average molecular weight is 454 g/mol. The Hall–Kier alpha value is -2.10. The summed E-state index contributed by atoms with van der Waals surface area (Å²) in [6.07, 6.45) is 4.14. The minimum atomic E-state index is -3.87. The molecule has 0 saturated carbocycles. The molecule has 2 rings (SSSR count). The Bertz CT molecular complexity index is 887. The number of ether oxygens (including phenoxy) is 1. The molecule has 0 unspecified atom stereocenters. The molecule has 174 valence electrons. The predicted octanol–water partition coefficient (Wildman–Crippen LogP) is 2.54. The van der Waals surface area contributed by atoms with Gasteiger partial charge in [0.2, 0.25) is 10.0 Å². The zero-order chi connectivity index (χ0) is 23.2.